The second kappa shape index (κ2) is 7.25. The SMILES string of the molecule is Cc1cccc2nc(COC(=O)Cc3c(Cl)cccc3Cl)cc(=O)n12. The Morgan fingerprint density at radius 2 is 1.84 bits per heavy atom. The summed E-state index contributed by atoms with van der Waals surface area (Å²) in [5.41, 5.74) is 1.97. The van der Waals surface area contributed by atoms with Crippen molar-refractivity contribution < 1.29 is 9.53 Å². The predicted molar refractivity (Wildman–Crippen MR) is 96.2 cm³/mol. The van der Waals surface area contributed by atoms with Gasteiger partial charge in [0.05, 0.1) is 12.1 Å². The van der Waals surface area contributed by atoms with Crippen LogP contribution >= 0.6 is 23.2 Å². The van der Waals surface area contributed by atoms with E-state index in [4.69, 9.17) is 27.9 Å². The Hall–Kier alpha value is -2.37. The molecule has 0 fully saturated rings. The average Bonchev–Trinajstić information content (AvgIpc) is 2.56. The normalized spacial score (nSPS) is 10.8. The summed E-state index contributed by atoms with van der Waals surface area (Å²) in [6.07, 6.45) is -0.0514. The lowest BCUT2D eigenvalue weighted by atomic mass is 10.1. The number of halogens is 2. The molecule has 0 unspecified atom stereocenters. The van der Waals surface area contributed by atoms with Crippen LogP contribution in [0.5, 0.6) is 0 Å². The van der Waals surface area contributed by atoms with Gasteiger partial charge in [0.1, 0.15) is 12.3 Å². The molecule has 0 atom stereocenters. The standard InChI is InChI=1S/C18H14Cl2N2O3/c1-11-4-2-7-16-21-12(8-17(23)22(11)16)10-25-18(24)9-13-14(19)5-3-6-15(13)20/h2-8H,9-10H2,1H3. The van der Waals surface area contributed by atoms with Crippen LogP contribution in [0.3, 0.4) is 0 Å². The van der Waals surface area contributed by atoms with Gasteiger partial charge < -0.3 is 4.74 Å². The lowest BCUT2D eigenvalue weighted by Gasteiger charge is -2.09. The van der Waals surface area contributed by atoms with Crippen molar-refractivity contribution in [3.05, 3.63) is 79.8 Å². The van der Waals surface area contributed by atoms with E-state index in [2.05, 4.69) is 4.98 Å². The van der Waals surface area contributed by atoms with Gasteiger partial charge in [-0.05, 0) is 31.2 Å². The molecule has 128 valence electrons. The van der Waals surface area contributed by atoms with E-state index in [1.54, 1.807) is 24.3 Å². The van der Waals surface area contributed by atoms with Crippen LogP contribution in [0.15, 0.2) is 47.3 Å². The minimum absolute atomic E-state index is 0.0514. The molecule has 3 aromatic rings. The Kier molecular flexibility index (Phi) is 5.06. The van der Waals surface area contributed by atoms with Crippen LogP contribution in [0.2, 0.25) is 10.0 Å². The molecule has 0 saturated heterocycles. The largest absolute Gasteiger partial charge is 0.459 e. The van der Waals surface area contributed by atoms with Crippen LogP contribution < -0.4 is 5.56 Å². The third-order valence-corrected chi connectivity index (χ3v) is 4.41. The number of rotatable bonds is 4. The zero-order chi connectivity index (χ0) is 18.0. The van der Waals surface area contributed by atoms with Gasteiger partial charge in [-0.15, -0.1) is 0 Å². The highest BCUT2D eigenvalue weighted by Crippen LogP contribution is 2.25. The molecule has 0 bridgehead atoms. The molecule has 5 nitrogen and oxygen atoms in total. The van der Waals surface area contributed by atoms with Crippen LogP contribution in [-0.2, 0) is 22.6 Å². The van der Waals surface area contributed by atoms with Crippen molar-refractivity contribution >= 4 is 34.8 Å². The van der Waals surface area contributed by atoms with E-state index in [0.29, 0.717) is 26.9 Å². The molecule has 0 aliphatic rings. The second-order valence-corrected chi connectivity index (χ2v) is 6.30. The molecule has 2 aromatic heterocycles. The topological polar surface area (TPSA) is 60.7 Å². The fourth-order valence-electron chi connectivity index (χ4n) is 2.49. The van der Waals surface area contributed by atoms with Gasteiger partial charge in [-0.3, -0.25) is 14.0 Å². The zero-order valence-electron chi connectivity index (χ0n) is 13.3. The molecule has 0 amide bonds. The van der Waals surface area contributed by atoms with Crippen molar-refractivity contribution in [2.75, 3.05) is 0 Å². The maximum atomic E-state index is 12.2. The number of hydrogen-bond acceptors (Lipinski definition) is 4. The first kappa shape index (κ1) is 17.5. The molecular formula is C18H14Cl2N2O3. The lowest BCUT2D eigenvalue weighted by Crippen LogP contribution is -2.18. The van der Waals surface area contributed by atoms with E-state index < -0.39 is 5.97 Å². The predicted octanol–water partition coefficient (Wildman–Crippen LogP) is 3.60. The zero-order valence-corrected chi connectivity index (χ0v) is 14.8. The number of pyridine rings is 1. The number of fused-ring (bicyclic) bond motifs is 1. The van der Waals surface area contributed by atoms with Gasteiger partial charge in [-0.1, -0.05) is 35.3 Å². The fraction of sp³-hybridized carbons (Fsp3) is 0.167. The molecule has 3 rings (SSSR count). The molecule has 0 aliphatic carbocycles. The number of nitrogens with zero attached hydrogens (tertiary/aromatic N) is 2. The number of benzene rings is 1. The van der Waals surface area contributed by atoms with Crippen LogP contribution in [0, 0.1) is 6.92 Å². The summed E-state index contributed by atoms with van der Waals surface area (Å²) in [5, 5.41) is 0.809. The first-order valence-electron chi connectivity index (χ1n) is 7.52. The van der Waals surface area contributed by atoms with E-state index in [1.807, 2.05) is 19.1 Å². The highest BCUT2D eigenvalue weighted by Gasteiger charge is 2.13. The highest BCUT2D eigenvalue weighted by molar-refractivity contribution is 6.36. The van der Waals surface area contributed by atoms with Crippen LogP contribution in [0.1, 0.15) is 17.0 Å². The maximum absolute atomic E-state index is 12.2. The number of esters is 1. The van der Waals surface area contributed by atoms with Crippen molar-refractivity contribution in [2.24, 2.45) is 0 Å². The van der Waals surface area contributed by atoms with Gasteiger partial charge in [-0.2, -0.15) is 0 Å². The summed E-state index contributed by atoms with van der Waals surface area (Å²) in [6, 6.07) is 11.7. The Bertz CT molecular complexity index is 995. The Labute approximate surface area is 153 Å². The molecule has 2 heterocycles. The first-order valence-corrected chi connectivity index (χ1v) is 8.28. The van der Waals surface area contributed by atoms with Crippen LogP contribution in [0.25, 0.3) is 5.65 Å². The number of ether oxygens (including phenoxy) is 1. The Morgan fingerprint density at radius 1 is 1.16 bits per heavy atom. The molecule has 0 spiro atoms. The Balaban J connectivity index is 1.74. The van der Waals surface area contributed by atoms with E-state index in [9.17, 15) is 9.59 Å². The van der Waals surface area contributed by atoms with E-state index in [-0.39, 0.29) is 18.6 Å². The highest BCUT2D eigenvalue weighted by atomic mass is 35.5. The summed E-state index contributed by atoms with van der Waals surface area (Å²) in [7, 11) is 0. The molecule has 1 aromatic carbocycles. The number of hydrogen-bond donors (Lipinski definition) is 0. The fourth-order valence-corrected chi connectivity index (χ4v) is 3.02. The molecule has 0 aliphatic heterocycles. The maximum Gasteiger partial charge on any atom is 0.310 e. The monoisotopic (exact) mass is 376 g/mol. The van der Waals surface area contributed by atoms with Gasteiger partial charge in [0, 0.05) is 27.4 Å². The smallest absolute Gasteiger partial charge is 0.310 e. The third kappa shape index (κ3) is 3.83. The summed E-state index contributed by atoms with van der Waals surface area (Å²) < 4.78 is 6.70. The number of aryl methyl sites for hydroxylation is 1. The summed E-state index contributed by atoms with van der Waals surface area (Å²) in [6.45, 7) is 1.73. The number of aromatic nitrogens is 2. The second-order valence-electron chi connectivity index (χ2n) is 5.48. The molecular weight excluding hydrogens is 363 g/mol. The summed E-state index contributed by atoms with van der Waals surface area (Å²) in [5.74, 6) is -0.499. The van der Waals surface area contributed by atoms with Crippen molar-refractivity contribution in [1.29, 1.82) is 0 Å². The Morgan fingerprint density at radius 3 is 2.56 bits per heavy atom. The molecule has 0 N–H and O–H groups in total. The van der Waals surface area contributed by atoms with Crippen molar-refractivity contribution in [3.8, 4) is 0 Å². The van der Waals surface area contributed by atoms with Crippen molar-refractivity contribution in [1.82, 2.24) is 9.38 Å². The van der Waals surface area contributed by atoms with Gasteiger partial charge in [0.15, 0.2) is 0 Å². The minimum Gasteiger partial charge on any atom is -0.459 e. The third-order valence-electron chi connectivity index (χ3n) is 3.70. The van der Waals surface area contributed by atoms with Crippen LogP contribution in [0.4, 0.5) is 0 Å². The van der Waals surface area contributed by atoms with Gasteiger partial charge in [0.25, 0.3) is 5.56 Å². The van der Waals surface area contributed by atoms with E-state index >= 15 is 0 Å². The van der Waals surface area contributed by atoms with E-state index in [0.717, 1.165) is 5.69 Å². The minimum atomic E-state index is -0.499. The number of carbonyl (C=O) groups excluding carboxylic acids is 1. The van der Waals surface area contributed by atoms with Gasteiger partial charge >= 0.3 is 5.97 Å². The average molecular weight is 377 g/mol. The van der Waals surface area contributed by atoms with Crippen molar-refractivity contribution in [2.45, 2.75) is 20.0 Å². The molecule has 0 radical (unpaired) electrons. The summed E-state index contributed by atoms with van der Waals surface area (Å²) in [4.78, 5) is 28.6. The van der Waals surface area contributed by atoms with Gasteiger partial charge in [0.2, 0.25) is 0 Å². The summed E-state index contributed by atoms with van der Waals surface area (Å²) >= 11 is 12.1. The number of carbonyl (C=O) groups is 1. The van der Waals surface area contributed by atoms with E-state index in [1.165, 1.54) is 10.5 Å². The quantitative estimate of drug-likeness (QED) is 0.652. The molecule has 25 heavy (non-hydrogen) atoms. The first-order chi connectivity index (χ1) is 12.0. The molecule has 0 saturated carbocycles. The van der Waals surface area contributed by atoms with Crippen molar-refractivity contribution in [3.63, 3.8) is 0 Å². The van der Waals surface area contributed by atoms with Gasteiger partial charge in [-0.25, -0.2) is 4.98 Å². The molecule has 7 heteroatoms. The lowest BCUT2D eigenvalue weighted by molar-refractivity contribution is -0.144. The van der Waals surface area contributed by atoms with Crippen LogP contribution in [-0.4, -0.2) is 15.4 Å².